The zero-order valence-electron chi connectivity index (χ0n) is 9.31. The smallest absolute Gasteiger partial charge is 0.367 e. The minimum atomic E-state index is -0.512. The largest absolute Gasteiger partial charge is 0.407 e. The predicted molar refractivity (Wildman–Crippen MR) is 59.4 cm³/mol. The van der Waals surface area contributed by atoms with Crippen LogP contribution in [0.25, 0.3) is 11.2 Å². The number of aryl methyl sites for hydroxylation is 1. The maximum absolute atomic E-state index is 11.5. The lowest BCUT2D eigenvalue weighted by Gasteiger charge is -2.08. The average Bonchev–Trinajstić information content (AvgIpc) is 2.18. The van der Waals surface area contributed by atoms with Crippen molar-refractivity contribution in [3.05, 3.63) is 22.5 Å². The van der Waals surface area contributed by atoms with Gasteiger partial charge in [-0.1, -0.05) is 0 Å². The maximum atomic E-state index is 11.5. The van der Waals surface area contributed by atoms with Gasteiger partial charge in [-0.25, -0.2) is 14.8 Å². The first-order chi connectivity index (χ1) is 7.56. The summed E-state index contributed by atoms with van der Waals surface area (Å²) in [5.41, 5.74) is -0.0540. The number of anilines is 1. The van der Waals surface area contributed by atoms with Crippen LogP contribution in [-0.4, -0.2) is 21.0 Å². The summed E-state index contributed by atoms with van der Waals surface area (Å²) < 4.78 is 4.85. The van der Waals surface area contributed by atoms with E-state index in [0.717, 1.165) is 0 Å². The first kappa shape index (κ1) is 10.5. The minimum absolute atomic E-state index is 0.149. The van der Waals surface area contributed by atoms with E-state index in [4.69, 9.17) is 4.42 Å². The number of aromatic nitrogens is 3. The third kappa shape index (κ3) is 2.00. The molecule has 0 saturated heterocycles. The second-order valence-electron chi connectivity index (χ2n) is 3.75. The summed E-state index contributed by atoms with van der Waals surface area (Å²) in [6, 6.07) is 0.220. The molecule has 84 valence electrons. The summed E-state index contributed by atoms with van der Waals surface area (Å²) in [5.74, 6) is 0.830. The average molecular weight is 220 g/mol. The number of rotatable bonds is 2. The molecule has 0 unspecified atom stereocenters. The van der Waals surface area contributed by atoms with E-state index in [-0.39, 0.29) is 17.4 Å². The van der Waals surface area contributed by atoms with Gasteiger partial charge in [0.25, 0.3) is 0 Å². The molecule has 1 N–H and O–H groups in total. The lowest BCUT2D eigenvalue weighted by Crippen LogP contribution is -2.13. The Morgan fingerprint density at radius 1 is 1.38 bits per heavy atom. The van der Waals surface area contributed by atoms with Gasteiger partial charge in [0.05, 0.1) is 6.20 Å². The van der Waals surface area contributed by atoms with E-state index in [1.807, 2.05) is 13.8 Å². The summed E-state index contributed by atoms with van der Waals surface area (Å²) in [6.45, 7) is 5.55. The molecule has 0 spiro atoms. The molecule has 2 aromatic heterocycles. The van der Waals surface area contributed by atoms with Crippen molar-refractivity contribution in [1.82, 2.24) is 15.0 Å². The van der Waals surface area contributed by atoms with E-state index < -0.39 is 5.63 Å². The third-order valence-corrected chi connectivity index (χ3v) is 1.89. The summed E-state index contributed by atoms with van der Waals surface area (Å²) >= 11 is 0. The lowest BCUT2D eigenvalue weighted by atomic mass is 10.4. The van der Waals surface area contributed by atoms with Crippen molar-refractivity contribution in [2.24, 2.45) is 0 Å². The SMILES string of the molecule is Cc1nc2ncc(NC(C)C)nc2c(=O)o1. The van der Waals surface area contributed by atoms with Crippen LogP contribution in [0.4, 0.5) is 5.82 Å². The summed E-state index contributed by atoms with van der Waals surface area (Å²) in [5, 5.41) is 3.06. The Morgan fingerprint density at radius 2 is 2.12 bits per heavy atom. The number of nitrogens with zero attached hydrogens (tertiary/aromatic N) is 3. The van der Waals surface area contributed by atoms with Crippen molar-refractivity contribution in [3.8, 4) is 0 Å². The van der Waals surface area contributed by atoms with Gasteiger partial charge < -0.3 is 9.73 Å². The number of fused-ring (bicyclic) bond motifs is 1. The monoisotopic (exact) mass is 220 g/mol. The fourth-order valence-corrected chi connectivity index (χ4v) is 1.32. The molecule has 2 aromatic rings. The van der Waals surface area contributed by atoms with Crippen molar-refractivity contribution in [2.45, 2.75) is 26.8 Å². The molecule has 6 heteroatoms. The molecular weight excluding hydrogens is 208 g/mol. The fraction of sp³-hybridized carbons (Fsp3) is 0.400. The van der Waals surface area contributed by atoms with Crippen LogP contribution in [-0.2, 0) is 0 Å². The summed E-state index contributed by atoms with van der Waals surface area (Å²) in [7, 11) is 0. The Labute approximate surface area is 91.7 Å². The molecule has 0 aliphatic rings. The van der Waals surface area contributed by atoms with E-state index in [9.17, 15) is 4.79 Å². The van der Waals surface area contributed by atoms with E-state index >= 15 is 0 Å². The Hall–Kier alpha value is -1.98. The van der Waals surface area contributed by atoms with Gasteiger partial charge in [-0.2, -0.15) is 4.98 Å². The molecule has 0 atom stereocenters. The van der Waals surface area contributed by atoms with Crippen molar-refractivity contribution >= 4 is 17.0 Å². The van der Waals surface area contributed by atoms with E-state index in [1.54, 1.807) is 13.1 Å². The number of hydrogen-bond donors (Lipinski definition) is 1. The third-order valence-electron chi connectivity index (χ3n) is 1.89. The lowest BCUT2D eigenvalue weighted by molar-refractivity contribution is 0.465. The Bertz CT molecular complexity index is 577. The minimum Gasteiger partial charge on any atom is -0.407 e. The van der Waals surface area contributed by atoms with Gasteiger partial charge in [-0.15, -0.1) is 0 Å². The summed E-state index contributed by atoms with van der Waals surface area (Å²) in [4.78, 5) is 23.7. The first-order valence-electron chi connectivity index (χ1n) is 4.97. The highest BCUT2D eigenvalue weighted by atomic mass is 16.4. The fourth-order valence-electron chi connectivity index (χ4n) is 1.32. The number of nitrogens with one attached hydrogen (secondary N) is 1. The van der Waals surface area contributed by atoms with E-state index in [1.165, 1.54) is 0 Å². The van der Waals surface area contributed by atoms with Crippen LogP contribution in [0.1, 0.15) is 19.7 Å². The molecule has 0 aliphatic heterocycles. The first-order valence-corrected chi connectivity index (χ1v) is 4.97. The van der Waals surface area contributed by atoms with Crippen LogP contribution in [0.3, 0.4) is 0 Å². The highest BCUT2D eigenvalue weighted by molar-refractivity contribution is 5.69. The van der Waals surface area contributed by atoms with Crippen LogP contribution >= 0.6 is 0 Å². The van der Waals surface area contributed by atoms with Gasteiger partial charge in [0.2, 0.25) is 0 Å². The highest BCUT2D eigenvalue weighted by Crippen LogP contribution is 2.07. The van der Waals surface area contributed by atoms with Crippen LogP contribution in [0.15, 0.2) is 15.4 Å². The predicted octanol–water partition coefficient (Wildman–Crippen LogP) is 1.11. The van der Waals surface area contributed by atoms with E-state index in [0.29, 0.717) is 11.5 Å². The van der Waals surface area contributed by atoms with Gasteiger partial charge in [-0.05, 0) is 13.8 Å². The Morgan fingerprint density at radius 3 is 2.81 bits per heavy atom. The van der Waals surface area contributed by atoms with Gasteiger partial charge in [0, 0.05) is 13.0 Å². The molecule has 0 aliphatic carbocycles. The van der Waals surface area contributed by atoms with Gasteiger partial charge in [0.15, 0.2) is 17.1 Å². The molecule has 0 bridgehead atoms. The molecule has 0 aromatic carbocycles. The van der Waals surface area contributed by atoms with Crippen LogP contribution < -0.4 is 10.9 Å². The molecular formula is C10H12N4O2. The molecule has 0 fully saturated rings. The molecule has 16 heavy (non-hydrogen) atoms. The zero-order valence-corrected chi connectivity index (χ0v) is 9.31. The second-order valence-corrected chi connectivity index (χ2v) is 3.75. The standard InChI is InChI=1S/C10H12N4O2/c1-5(2)12-7-4-11-9-8(14-7)10(15)16-6(3)13-9/h4-5H,1-3H3,(H,12,14). The van der Waals surface area contributed by atoms with Crippen molar-refractivity contribution in [2.75, 3.05) is 5.32 Å². The topological polar surface area (TPSA) is 80.9 Å². The molecule has 2 rings (SSSR count). The van der Waals surface area contributed by atoms with Gasteiger partial charge >= 0.3 is 5.63 Å². The zero-order chi connectivity index (χ0) is 11.7. The summed E-state index contributed by atoms with van der Waals surface area (Å²) in [6.07, 6.45) is 1.55. The Kier molecular flexibility index (Phi) is 2.55. The van der Waals surface area contributed by atoms with Gasteiger partial charge in [0.1, 0.15) is 5.82 Å². The normalized spacial score (nSPS) is 11.0. The molecule has 2 heterocycles. The molecule has 0 amide bonds. The second kappa shape index (κ2) is 3.88. The van der Waals surface area contributed by atoms with Crippen molar-refractivity contribution in [3.63, 3.8) is 0 Å². The van der Waals surface area contributed by atoms with Crippen LogP contribution in [0.5, 0.6) is 0 Å². The van der Waals surface area contributed by atoms with Gasteiger partial charge in [-0.3, -0.25) is 0 Å². The highest BCUT2D eigenvalue weighted by Gasteiger charge is 2.08. The Balaban J connectivity index is 2.58. The molecule has 0 radical (unpaired) electrons. The molecule has 6 nitrogen and oxygen atoms in total. The van der Waals surface area contributed by atoms with E-state index in [2.05, 4.69) is 20.3 Å². The van der Waals surface area contributed by atoms with Crippen molar-refractivity contribution in [1.29, 1.82) is 0 Å². The van der Waals surface area contributed by atoms with Crippen LogP contribution in [0.2, 0.25) is 0 Å². The maximum Gasteiger partial charge on any atom is 0.367 e. The number of hydrogen-bond acceptors (Lipinski definition) is 6. The quantitative estimate of drug-likeness (QED) is 0.816. The van der Waals surface area contributed by atoms with Crippen LogP contribution in [0, 0.1) is 6.92 Å². The van der Waals surface area contributed by atoms with Crippen molar-refractivity contribution < 1.29 is 4.42 Å². The molecule has 0 saturated carbocycles.